The Morgan fingerprint density at radius 2 is 1.88 bits per heavy atom. The first-order valence-electron chi connectivity index (χ1n) is 13.8. The molecule has 9 nitrogen and oxygen atoms in total. The van der Waals surface area contributed by atoms with Gasteiger partial charge in [-0.3, -0.25) is 0 Å². The van der Waals surface area contributed by atoms with Gasteiger partial charge in [0.05, 0.1) is 11.4 Å². The van der Waals surface area contributed by atoms with Gasteiger partial charge >= 0.3 is 0 Å². The van der Waals surface area contributed by atoms with E-state index in [9.17, 15) is 15.3 Å². The molecule has 0 saturated heterocycles. The van der Waals surface area contributed by atoms with Gasteiger partial charge in [0.2, 0.25) is 5.13 Å². The van der Waals surface area contributed by atoms with E-state index in [2.05, 4.69) is 33.0 Å². The van der Waals surface area contributed by atoms with Gasteiger partial charge in [0, 0.05) is 31.4 Å². The van der Waals surface area contributed by atoms with Crippen molar-refractivity contribution in [1.82, 2.24) is 15.5 Å². The van der Waals surface area contributed by atoms with Gasteiger partial charge < -0.3 is 37.4 Å². The second kappa shape index (κ2) is 15.6. The van der Waals surface area contributed by atoms with Crippen LogP contribution in [0.3, 0.4) is 0 Å². The maximum atomic E-state index is 10.5. The quantitative estimate of drug-likeness (QED) is 0.0908. The third kappa shape index (κ3) is 12.3. The molecule has 0 radical (unpaired) electrons. The summed E-state index contributed by atoms with van der Waals surface area (Å²) < 4.78 is 0. The molecule has 1 heterocycles. The Bertz CT molecular complexity index is 1200. The first-order valence-corrected chi connectivity index (χ1v) is 14.7. The van der Waals surface area contributed by atoms with Gasteiger partial charge in [-0.1, -0.05) is 53.8 Å². The van der Waals surface area contributed by atoms with E-state index in [1.54, 1.807) is 26.0 Å². The van der Waals surface area contributed by atoms with Crippen LogP contribution in [0, 0.1) is 0 Å². The van der Waals surface area contributed by atoms with Crippen molar-refractivity contribution < 1.29 is 15.3 Å². The summed E-state index contributed by atoms with van der Waals surface area (Å²) in [6, 6.07) is 7.89. The third-order valence-electron chi connectivity index (χ3n) is 6.23. The number of aliphatic hydroxyl groups is 3. The molecule has 0 spiro atoms. The predicted molar refractivity (Wildman–Crippen MR) is 162 cm³/mol. The number of nitrogens with one attached hydrogen (secondary N) is 2. The lowest BCUT2D eigenvalue weighted by Crippen LogP contribution is -2.32. The monoisotopic (exact) mass is 568 g/mol. The summed E-state index contributed by atoms with van der Waals surface area (Å²) in [7, 11) is 0. The maximum Gasteiger partial charge on any atom is 0.207 e. The van der Waals surface area contributed by atoms with Gasteiger partial charge in [0.15, 0.2) is 0 Å². The number of hydrogen-bond donors (Lipinski definition) is 7. The molecular formula is C30H44N6O3S. The lowest BCUT2D eigenvalue weighted by molar-refractivity contribution is 0.0810. The Balaban J connectivity index is 1.35. The molecule has 10 heteroatoms. The molecule has 1 aliphatic carbocycles. The Morgan fingerprint density at radius 1 is 1.07 bits per heavy atom. The van der Waals surface area contributed by atoms with E-state index in [4.69, 9.17) is 11.5 Å². The average Bonchev–Trinajstić information content (AvgIpc) is 3.32. The number of aliphatic hydroxyl groups excluding tert-OH is 2. The highest BCUT2D eigenvalue weighted by atomic mass is 32.1. The minimum Gasteiger partial charge on any atom is -0.402 e. The standard InChI is InChI=1S/C30H44N6O3S/c1-30(2,39)20-23-12-8-11-22(17-23)19-27(38)34-29-36-35-28(40-29)14-7-6-13-24(31)15-16-25(32)33-26(37)18-21-9-4-3-5-10-21/h4,8-12,15-17,26-27,33,37-39H,3,5-7,13-14,18-20,31-32H2,1-2H3,(H,34,36)/b24-15-,25-16+. The van der Waals surface area contributed by atoms with Crippen molar-refractivity contribution in [1.29, 1.82) is 0 Å². The van der Waals surface area contributed by atoms with Crippen molar-refractivity contribution in [2.45, 2.75) is 89.7 Å². The minimum absolute atomic E-state index is 0.369. The minimum atomic E-state index is -0.791. The summed E-state index contributed by atoms with van der Waals surface area (Å²) in [5.41, 5.74) is 15.1. The van der Waals surface area contributed by atoms with E-state index < -0.39 is 18.1 Å². The molecule has 2 atom stereocenters. The van der Waals surface area contributed by atoms with Gasteiger partial charge in [-0.15, -0.1) is 10.2 Å². The van der Waals surface area contributed by atoms with E-state index in [1.807, 2.05) is 30.3 Å². The molecule has 1 aromatic carbocycles. The average molecular weight is 569 g/mol. The Morgan fingerprint density at radius 3 is 2.62 bits per heavy atom. The highest BCUT2D eigenvalue weighted by Crippen LogP contribution is 2.20. The van der Waals surface area contributed by atoms with E-state index in [1.165, 1.54) is 11.3 Å². The number of hydrogen-bond acceptors (Lipinski definition) is 10. The number of aryl methyl sites for hydroxylation is 1. The number of unbranched alkanes of at least 4 members (excludes halogenated alkanes) is 1. The van der Waals surface area contributed by atoms with Crippen molar-refractivity contribution in [3.63, 3.8) is 0 Å². The van der Waals surface area contributed by atoms with Crippen LogP contribution in [0.15, 0.2) is 71.7 Å². The molecule has 0 bridgehead atoms. The molecular weight excluding hydrogens is 524 g/mol. The topological polar surface area (TPSA) is 163 Å². The van der Waals surface area contributed by atoms with Crippen molar-refractivity contribution in [3.8, 4) is 0 Å². The largest absolute Gasteiger partial charge is 0.402 e. The van der Waals surface area contributed by atoms with Crippen LogP contribution in [0.5, 0.6) is 0 Å². The predicted octanol–water partition coefficient (Wildman–Crippen LogP) is 3.75. The second-order valence-electron chi connectivity index (χ2n) is 10.9. The van der Waals surface area contributed by atoms with Crippen LogP contribution >= 0.6 is 11.3 Å². The normalized spacial score (nSPS) is 16.0. The summed E-state index contributed by atoms with van der Waals surface area (Å²) in [5.74, 6) is 0.369. The van der Waals surface area contributed by atoms with Crippen molar-refractivity contribution in [3.05, 3.63) is 87.9 Å². The molecule has 1 aliphatic rings. The number of rotatable bonds is 16. The Hall–Kier alpha value is -3.18. The van der Waals surface area contributed by atoms with Crippen LogP contribution < -0.4 is 22.1 Å². The number of anilines is 1. The van der Waals surface area contributed by atoms with E-state index in [0.717, 1.165) is 60.2 Å². The number of nitrogens with zero attached hydrogens (tertiary/aromatic N) is 2. The molecule has 9 N–H and O–H groups in total. The first-order chi connectivity index (χ1) is 19.1. The highest BCUT2D eigenvalue weighted by Gasteiger charge is 2.15. The van der Waals surface area contributed by atoms with E-state index in [-0.39, 0.29) is 0 Å². The van der Waals surface area contributed by atoms with Crippen LogP contribution in [0.2, 0.25) is 0 Å². The van der Waals surface area contributed by atoms with Crippen LogP contribution in [0.25, 0.3) is 0 Å². The Kier molecular flexibility index (Phi) is 12.2. The molecule has 2 unspecified atom stereocenters. The number of aromatic nitrogens is 2. The van der Waals surface area contributed by atoms with Crippen molar-refractivity contribution in [2.24, 2.45) is 11.5 Å². The zero-order valence-corrected chi connectivity index (χ0v) is 24.3. The van der Waals surface area contributed by atoms with E-state index in [0.29, 0.717) is 35.9 Å². The van der Waals surface area contributed by atoms with Crippen molar-refractivity contribution >= 4 is 16.5 Å². The van der Waals surface area contributed by atoms with Crippen LogP contribution in [-0.4, -0.2) is 43.6 Å². The smallest absolute Gasteiger partial charge is 0.207 e. The van der Waals surface area contributed by atoms with Crippen LogP contribution in [0.4, 0.5) is 5.13 Å². The first kappa shape index (κ1) is 31.3. The summed E-state index contributed by atoms with van der Waals surface area (Å²) in [4.78, 5) is 0. The van der Waals surface area contributed by atoms with Gasteiger partial charge in [-0.05, 0) is 74.8 Å². The zero-order valence-electron chi connectivity index (χ0n) is 23.5. The number of nitrogens with two attached hydrogens (primary N) is 2. The number of allylic oxidation sites excluding steroid dienone is 6. The van der Waals surface area contributed by atoms with Gasteiger partial charge in [0.25, 0.3) is 0 Å². The molecule has 3 rings (SSSR count). The SMILES string of the molecule is CC(C)(O)Cc1cccc(CC(O)Nc2nnc(CCCC/C(N)=C/C=C(\N)NC(O)CC3=CCCC=C3)s2)c1. The fourth-order valence-corrected chi connectivity index (χ4v) is 5.24. The lowest BCUT2D eigenvalue weighted by Gasteiger charge is -2.18. The molecule has 0 amide bonds. The summed E-state index contributed by atoms with van der Waals surface area (Å²) in [5, 5.41) is 46.5. The summed E-state index contributed by atoms with van der Waals surface area (Å²) in [6.07, 6.45) is 15.0. The van der Waals surface area contributed by atoms with E-state index >= 15 is 0 Å². The summed E-state index contributed by atoms with van der Waals surface area (Å²) >= 11 is 1.44. The van der Waals surface area contributed by atoms with Gasteiger partial charge in [0.1, 0.15) is 17.5 Å². The number of benzene rings is 1. The maximum absolute atomic E-state index is 10.5. The fraction of sp³-hybridized carbons (Fsp3) is 0.467. The molecule has 0 saturated carbocycles. The van der Waals surface area contributed by atoms with Crippen molar-refractivity contribution in [2.75, 3.05) is 5.32 Å². The third-order valence-corrected chi connectivity index (χ3v) is 7.15. The zero-order chi connectivity index (χ0) is 29.0. The molecule has 40 heavy (non-hydrogen) atoms. The van der Waals surface area contributed by atoms with Gasteiger partial charge in [-0.25, -0.2) is 0 Å². The highest BCUT2D eigenvalue weighted by molar-refractivity contribution is 7.15. The second-order valence-corrected chi connectivity index (χ2v) is 11.9. The molecule has 1 aromatic heterocycles. The molecule has 0 fully saturated rings. The Labute approximate surface area is 241 Å². The molecule has 2 aromatic rings. The summed E-state index contributed by atoms with van der Waals surface area (Å²) in [6.45, 7) is 3.56. The van der Waals surface area contributed by atoms with Crippen LogP contribution in [-0.2, 0) is 19.3 Å². The fourth-order valence-electron chi connectivity index (χ4n) is 4.42. The lowest BCUT2D eigenvalue weighted by atomic mass is 9.96. The van der Waals surface area contributed by atoms with Gasteiger partial charge in [-0.2, -0.15) is 0 Å². The molecule has 218 valence electrons. The van der Waals surface area contributed by atoms with Crippen LogP contribution in [0.1, 0.15) is 68.5 Å². The molecule has 0 aliphatic heterocycles.